The van der Waals surface area contributed by atoms with Gasteiger partial charge in [0.25, 0.3) is 0 Å². The van der Waals surface area contributed by atoms with E-state index in [4.69, 9.17) is 4.74 Å². The molecule has 0 saturated carbocycles. The number of ether oxygens (including phenoxy) is 1. The summed E-state index contributed by atoms with van der Waals surface area (Å²) in [6.45, 7) is 9.27. The van der Waals surface area contributed by atoms with E-state index in [2.05, 4.69) is 29.8 Å². The zero-order valence-corrected chi connectivity index (χ0v) is 8.20. The van der Waals surface area contributed by atoms with Crippen LogP contribution in [0.2, 0.25) is 0 Å². The average molecular weight is 179 g/mol. The van der Waals surface area contributed by atoms with Crippen LogP contribution in [0, 0.1) is 0 Å². The average Bonchev–Trinajstić information content (AvgIpc) is 2.19. The summed E-state index contributed by atoms with van der Waals surface area (Å²) >= 11 is 0. The fraction of sp³-hybridized carbons (Fsp3) is 0.455. The Kier molecular flexibility index (Phi) is 4.33. The van der Waals surface area contributed by atoms with Crippen LogP contribution in [0.1, 0.15) is 6.92 Å². The third-order valence-corrected chi connectivity index (χ3v) is 2.00. The van der Waals surface area contributed by atoms with E-state index in [-0.39, 0.29) is 0 Å². The van der Waals surface area contributed by atoms with Crippen LogP contribution in [0.3, 0.4) is 0 Å². The van der Waals surface area contributed by atoms with E-state index < -0.39 is 0 Å². The summed E-state index contributed by atoms with van der Waals surface area (Å²) in [5.74, 6) is 0. The van der Waals surface area contributed by atoms with Crippen LogP contribution in [-0.4, -0.2) is 31.2 Å². The van der Waals surface area contributed by atoms with Crippen molar-refractivity contribution < 1.29 is 4.74 Å². The lowest BCUT2D eigenvalue weighted by Gasteiger charge is -2.21. The van der Waals surface area contributed by atoms with E-state index in [1.807, 2.05) is 13.0 Å². The van der Waals surface area contributed by atoms with Crippen LogP contribution in [-0.2, 0) is 4.74 Å². The van der Waals surface area contributed by atoms with Crippen molar-refractivity contribution in [3.63, 3.8) is 0 Å². The first kappa shape index (κ1) is 10.1. The van der Waals surface area contributed by atoms with E-state index in [1.54, 1.807) is 0 Å². The molecule has 0 saturated heterocycles. The minimum atomic E-state index is 0.797. The van der Waals surface area contributed by atoms with Crippen molar-refractivity contribution in [1.29, 1.82) is 0 Å². The first-order valence-electron chi connectivity index (χ1n) is 4.69. The van der Waals surface area contributed by atoms with E-state index in [1.165, 1.54) is 5.57 Å². The number of nitrogens with zero attached hydrogens (tertiary/aromatic N) is 1. The van der Waals surface area contributed by atoms with Gasteiger partial charge in [0.1, 0.15) is 0 Å². The van der Waals surface area contributed by atoms with Gasteiger partial charge in [-0.25, -0.2) is 0 Å². The van der Waals surface area contributed by atoms with Crippen LogP contribution < -0.4 is 0 Å². The highest BCUT2D eigenvalue weighted by Crippen LogP contribution is 2.06. The molecule has 0 fully saturated rings. The largest absolute Gasteiger partial charge is 0.380 e. The molecule has 13 heavy (non-hydrogen) atoms. The minimum absolute atomic E-state index is 0.797. The van der Waals surface area contributed by atoms with E-state index in [0.717, 1.165) is 26.3 Å². The van der Waals surface area contributed by atoms with E-state index >= 15 is 0 Å². The molecule has 0 aromatic carbocycles. The van der Waals surface area contributed by atoms with Crippen LogP contribution in [0.25, 0.3) is 0 Å². The summed E-state index contributed by atoms with van der Waals surface area (Å²) < 4.78 is 5.27. The molecule has 1 aliphatic heterocycles. The summed E-state index contributed by atoms with van der Waals surface area (Å²) in [4.78, 5) is 2.22. The van der Waals surface area contributed by atoms with Gasteiger partial charge in [0.15, 0.2) is 0 Å². The molecule has 0 amide bonds. The molecule has 72 valence electrons. The normalized spacial score (nSPS) is 15.8. The predicted octanol–water partition coefficient (Wildman–Crippen LogP) is 1.96. The van der Waals surface area contributed by atoms with Crippen molar-refractivity contribution in [2.24, 2.45) is 0 Å². The molecular formula is C11H17NO. The van der Waals surface area contributed by atoms with Crippen LogP contribution in [0.5, 0.6) is 0 Å². The number of rotatable bonds is 5. The second-order valence-corrected chi connectivity index (χ2v) is 2.92. The number of hydrogen-bond donors (Lipinski definition) is 0. The van der Waals surface area contributed by atoms with Crippen molar-refractivity contribution in [3.05, 3.63) is 36.6 Å². The molecule has 0 aromatic rings. The predicted molar refractivity (Wildman–Crippen MR) is 55.5 cm³/mol. The Labute approximate surface area is 80.2 Å². The van der Waals surface area contributed by atoms with Gasteiger partial charge in [-0.05, 0) is 18.6 Å². The van der Waals surface area contributed by atoms with Gasteiger partial charge >= 0.3 is 0 Å². The molecule has 0 unspecified atom stereocenters. The molecule has 1 heterocycles. The zero-order valence-electron chi connectivity index (χ0n) is 8.20. The summed E-state index contributed by atoms with van der Waals surface area (Å²) in [7, 11) is 0. The molecule has 0 radical (unpaired) electrons. The topological polar surface area (TPSA) is 12.5 Å². The molecule has 0 aromatic heterocycles. The maximum atomic E-state index is 5.27. The Bertz CT molecular complexity index is 218. The fourth-order valence-corrected chi connectivity index (χ4v) is 1.19. The van der Waals surface area contributed by atoms with Gasteiger partial charge in [0, 0.05) is 25.9 Å². The van der Waals surface area contributed by atoms with Crippen LogP contribution in [0.4, 0.5) is 0 Å². The van der Waals surface area contributed by atoms with Crippen molar-refractivity contribution >= 4 is 0 Å². The highest BCUT2D eigenvalue weighted by molar-refractivity contribution is 5.31. The van der Waals surface area contributed by atoms with Crippen molar-refractivity contribution in [3.8, 4) is 0 Å². The fourth-order valence-electron chi connectivity index (χ4n) is 1.19. The first-order valence-corrected chi connectivity index (χ1v) is 4.69. The Morgan fingerprint density at radius 3 is 3.08 bits per heavy atom. The van der Waals surface area contributed by atoms with Gasteiger partial charge in [-0.3, -0.25) is 0 Å². The zero-order chi connectivity index (χ0) is 9.52. The highest BCUT2D eigenvalue weighted by atomic mass is 16.5. The summed E-state index contributed by atoms with van der Waals surface area (Å²) in [5, 5.41) is 0. The molecule has 2 heteroatoms. The molecule has 0 aliphatic carbocycles. The van der Waals surface area contributed by atoms with Gasteiger partial charge in [-0.1, -0.05) is 18.7 Å². The van der Waals surface area contributed by atoms with Gasteiger partial charge in [-0.2, -0.15) is 0 Å². The highest BCUT2D eigenvalue weighted by Gasteiger charge is 2.01. The maximum absolute atomic E-state index is 5.27. The number of allylic oxidation sites excluding steroid dienone is 3. The molecule has 0 spiro atoms. The van der Waals surface area contributed by atoms with Gasteiger partial charge in [0.05, 0.1) is 6.61 Å². The van der Waals surface area contributed by atoms with Gasteiger partial charge in [0.2, 0.25) is 0 Å². The molecule has 1 aliphatic rings. The van der Waals surface area contributed by atoms with Crippen LogP contribution >= 0.6 is 0 Å². The molecule has 0 atom stereocenters. The Hall–Kier alpha value is -1.02. The third kappa shape index (κ3) is 3.47. The quantitative estimate of drug-likeness (QED) is 0.598. The standard InChI is InChI=1S/C11H17NO/c1-3-11-5-7-12(8-6-11)9-10-13-4-2/h3,5-7H,1,4,8-10H2,2H3. The maximum Gasteiger partial charge on any atom is 0.0641 e. The summed E-state index contributed by atoms with van der Waals surface area (Å²) in [5.41, 5.74) is 1.20. The lowest BCUT2D eigenvalue weighted by atomic mass is 10.2. The Balaban J connectivity index is 2.23. The Morgan fingerprint density at radius 2 is 2.54 bits per heavy atom. The summed E-state index contributed by atoms with van der Waals surface area (Å²) in [6, 6.07) is 0. The van der Waals surface area contributed by atoms with E-state index in [0.29, 0.717) is 0 Å². The van der Waals surface area contributed by atoms with Crippen molar-refractivity contribution in [1.82, 2.24) is 4.90 Å². The first-order chi connectivity index (χ1) is 6.36. The lowest BCUT2D eigenvalue weighted by Crippen LogP contribution is -2.24. The molecule has 0 bridgehead atoms. The van der Waals surface area contributed by atoms with Crippen molar-refractivity contribution in [2.45, 2.75) is 6.92 Å². The molecule has 0 N–H and O–H groups in total. The molecule has 2 nitrogen and oxygen atoms in total. The second kappa shape index (κ2) is 5.60. The molecule has 1 rings (SSSR count). The Morgan fingerprint density at radius 1 is 1.69 bits per heavy atom. The molecular weight excluding hydrogens is 162 g/mol. The van der Waals surface area contributed by atoms with Crippen molar-refractivity contribution in [2.75, 3.05) is 26.3 Å². The number of hydrogen-bond acceptors (Lipinski definition) is 2. The summed E-state index contributed by atoms with van der Waals surface area (Å²) in [6.07, 6.45) is 8.20. The minimum Gasteiger partial charge on any atom is -0.380 e. The monoisotopic (exact) mass is 179 g/mol. The van der Waals surface area contributed by atoms with E-state index in [9.17, 15) is 0 Å². The SMILES string of the molecule is C=CC1=CCN(CCOCC)C=C1. The smallest absolute Gasteiger partial charge is 0.0641 e. The lowest BCUT2D eigenvalue weighted by molar-refractivity contribution is 0.130. The van der Waals surface area contributed by atoms with Crippen LogP contribution in [0.15, 0.2) is 36.6 Å². The van der Waals surface area contributed by atoms with Gasteiger partial charge < -0.3 is 9.64 Å². The van der Waals surface area contributed by atoms with Gasteiger partial charge in [-0.15, -0.1) is 0 Å². The second-order valence-electron chi connectivity index (χ2n) is 2.92. The third-order valence-electron chi connectivity index (χ3n) is 2.00.